The molecule has 0 aliphatic rings. The summed E-state index contributed by atoms with van der Waals surface area (Å²) < 4.78 is 27.6. The fourth-order valence-corrected chi connectivity index (χ4v) is 10.3. The highest BCUT2D eigenvalue weighted by molar-refractivity contribution is 6.46. The molecule has 0 aliphatic heterocycles. The summed E-state index contributed by atoms with van der Waals surface area (Å²) in [5, 5.41) is 4.60. The maximum absolute atomic E-state index is 7.28. The Morgan fingerprint density at radius 2 is 0.544 bits per heavy atom. The Balaban J connectivity index is 1.88. The van der Waals surface area contributed by atoms with Gasteiger partial charge >= 0.3 is 0 Å². The molecule has 0 aliphatic carbocycles. The number of hydrogen-bond acceptors (Lipinski definition) is 4. The van der Waals surface area contributed by atoms with Gasteiger partial charge < -0.3 is 18.9 Å². The van der Waals surface area contributed by atoms with Gasteiger partial charge in [0.05, 0.1) is 47.2 Å². The van der Waals surface area contributed by atoms with E-state index in [4.69, 9.17) is 42.1 Å². The van der Waals surface area contributed by atoms with Gasteiger partial charge in [-0.15, -0.1) is 0 Å². The lowest BCUT2D eigenvalue weighted by Crippen LogP contribution is -2.06. The molecule has 0 fully saturated rings. The van der Waals surface area contributed by atoms with Crippen LogP contribution in [0.2, 0.25) is 10.0 Å². The zero-order chi connectivity index (χ0) is 48.5. The molecule has 0 amide bonds. The number of fused-ring (bicyclic) bond motifs is 2. The van der Waals surface area contributed by atoms with Crippen LogP contribution in [0.1, 0.15) is 285 Å². The summed E-state index contributed by atoms with van der Waals surface area (Å²) >= 11 is 14.2. The maximum Gasteiger partial charge on any atom is 0.140 e. The molecule has 0 radical (unpaired) electrons. The predicted octanol–water partition coefficient (Wildman–Crippen LogP) is 22.5. The lowest BCUT2D eigenvalue weighted by molar-refractivity contribution is 0.290. The van der Waals surface area contributed by atoms with Gasteiger partial charge in [0.25, 0.3) is 0 Å². The minimum Gasteiger partial charge on any atom is -0.493 e. The van der Waals surface area contributed by atoms with Crippen molar-refractivity contribution in [3.05, 3.63) is 34.3 Å². The number of rotatable bonds is 48. The van der Waals surface area contributed by atoms with Crippen molar-refractivity contribution in [2.24, 2.45) is 0 Å². The summed E-state index contributed by atoms with van der Waals surface area (Å²) in [6.45, 7) is 11.7. The molecule has 0 spiro atoms. The summed E-state index contributed by atoms with van der Waals surface area (Å²) in [6, 6.07) is 8.21. The molecule has 0 aromatic heterocycles. The van der Waals surface area contributed by atoms with Gasteiger partial charge in [0.2, 0.25) is 0 Å². The molecule has 3 aromatic rings. The average molecular weight is 984 g/mol. The van der Waals surface area contributed by atoms with E-state index in [1.54, 1.807) is 0 Å². The van der Waals surface area contributed by atoms with Crippen molar-refractivity contribution in [2.75, 3.05) is 26.4 Å². The molecule has 0 saturated heterocycles. The Bertz CT molecular complexity index is 1660. The van der Waals surface area contributed by atoms with Gasteiger partial charge in [-0.1, -0.05) is 282 Å². The summed E-state index contributed by atoms with van der Waals surface area (Å²) in [5.41, 5.74) is 0. The number of unbranched alkanes of at least 4 members (excludes halogenated alkanes) is 36. The molecule has 6 heteroatoms. The topological polar surface area (TPSA) is 36.9 Å². The second kappa shape index (κ2) is 41.6. The second-order valence-electron chi connectivity index (χ2n) is 20.4. The first-order valence-corrected chi connectivity index (χ1v) is 30.3. The van der Waals surface area contributed by atoms with E-state index < -0.39 is 0 Å². The third-order valence-corrected chi connectivity index (χ3v) is 15.0. The first-order chi connectivity index (χ1) is 33.6. The third-order valence-electron chi connectivity index (χ3n) is 14.1. The van der Waals surface area contributed by atoms with Crippen LogP contribution in [-0.2, 0) is 0 Å². The molecule has 0 saturated carbocycles. The van der Waals surface area contributed by atoms with Crippen molar-refractivity contribution < 1.29 is 18.9 Å². The van der Waals surface area contributed by atoms with E-state index in [-0.39, 0.29) is 0 Å². The third kappa shape index (κ3) is 25.4. The Kier molecular flexibility index (Phi) is 36.8. The molecule has 0 N–H and O–H groups in total. The molecule has 68 heavy (non-hydrogen) atoms. The quantitative estimate of drug-likeness (QED) is 0.0417. The van der Waals surface area contributed by atoms with Gasteiger partial charge in [0.1, 0.15) is 23.0 Å². The summed E-state index contributed by atoms with van der Waals surface area (Å²) in [4.78, 5) is 0. The van der Waals surface area contributed by atoms with Gasteiger partial charge in [-0.3, -0.25) is 0 Å². The highest BCUT2D eigenvalue weighted by atomic mass is 35.5. The van der Waals surface area contributed by atoms with E-state index in [1.807, 2.05) is 6.07 Å². The first kappa shape index (κ1) is 60.3. The molecular weight excluding hydrogens is 880 g/mol. The zero-order valence-corrected chi connectivity index (χ0v) is 46.3. The molecule has 4 nitrogen and oxygen atoms in total. The van der Waals surface area contributed by atoms with Crippen LogP contribution in [0.25, 0.3) is 21.5 Å². The maximum atomic E-state index is 7.28. The number of benzene rings is 3. The molecule has 0 heterocycles. The van der Waals surface area contributed by atoms with Crippen LogP contribution >= 0.6 is 23.2 Å². The number of ether oxygens (including phenoxy) is 4. The predicted molar refractivity (Wildman–Crippen MR) is 301 cm³/mol. The van der Waals surface area contributed by atoms with Crippen LogP contribution in [0, 0.1) is 0 Å². The van der Waals surface area contributed by atoms with Crippen molar-refractivity contribution in [1.29, 1.82) is 0 Å². The first-order valence-electron chi connectivity index (χ1n) is 29.5. The molecule has 3 aromatic carbocycles. The van der Waals surface area contributed by atoms with Crippen LogP contribution in [0.5, 0.6) is 23.0 Å². The van der Waals surface area contributed by atoms with Crippen LogP contribution in [0.15, 0.2) is 24.3 Å². The van der Waals surface area contributed by atoms with Crippen molar-refractivity contribution in [3.63, 3.8) is 0 Å². The SMILES string of the molecule is CCCCCCCCCCCCOc1ccc(OCCCCCCCCCCCC)c2c(OCCCCCCCCCCCC)c3c(Cl)c(Cl)ccc3c(OCCCCCCCCCCCC)c12. The lowest BCUT2D eigenvalue weighted by atomic mass is 9.98. The van der Waals surface area contributed by atoms with E-state index in [1.165, 1.54) is 218 Å². The van der Waals surface area contributed by atoms with Crippen molar-refractivity contribution in [2.45, 2.75) is 285 Å². The number of hydrogen-bond donors (Lipinski definition) is 0. The fourth-order valence-electron chi connectivity index (χ4n) is 9.84. The normalized spacial score (nSPS) is 11.6. The van der Waals surface area contributed by atoms with Crippen LogP contribution in [-0.4, -0.2) is 26.4 Å². The van der Waals surface area contributed by atoms with Gasteiger partial charge in [-0.2, -0.15) is 0 Å². The monoisotopic (exact) mass is 983 g/mol. The average Bonchev–Trinajstić information content (AvgIpc) is 3.35. The van der Waals surface area contributed by atoms with E-state index in [9.17, 15) is 0 Å². The summed E-state index contributed by atoms with van der Waals surface area (Å²) in [5.74, 6) is 3.18. The smallest absolute Gasteiger partial charge is 0.140 e. The molecule has 0 unspecified atom stereocenters. The van der Waals surface area contributed by atoms with E-state index >= 15 is 0 Å². The van der Waals surface area contributed by atoms with Crippen LogP contribution in [0.4, 0.5) is 0 Å². The summed E-state index contributed by atoms with van der Waals surface area (Å²) in [7, 11) is 0. The van der Waals surface area contributed by atoms with Crippen molar-refractivity contribution >= 4 is 44.7 Å². The van der Waals surface area contributed by atoms with Gasteiger partial charge in [-0.25, -0.2) is 0 Å². The van der Waals surface area contributed by atoms with Gasteiger partial charge in [0.15, 0.2) is 0 Å². The molecular formula is C62H104Cl2O4. The standard InChI is InChI=1S/C62H104Cl2O4/c1-5-9-13-17-21-25-29-33-37-41-49-65-55-47-48-56(66-50-42-38-34-30-26-22-18-14-10-6-2)59-58(55)61(67-51-43-39-35-31-27-23-19-15-11-7-3)53-45-46-54(63)60(64)57(53)62(59)68-52-44-40-36-32-28-24-20-16-12-8-4/h45-48H,5-44,49-52H2,1-4H3. The van der Waals surface area contributed by atoms with E-state index in [0.717, 1.165) is 83.1 Å². The molecule has 0 atom stereocenters. The minimum absolute atomic E-state index is 0.505. The Labute approximate surface area is 429 Å². The molecule has 390 valence electrons. The molecule has 0 bridgehead atoms. The van der Waals surface area contributed by atoms with Crippen LogP contribution < -0.4 is 18.9 Å². The Hall–Kier alpha value is -2.04. The van der Waals surface area contributed by atoms with E-state index in [0.29, 0.717) is 36.5 Å². The van der Waals surface area contributed by atoms with Crippen molar-refractivity contribution in [1.82, 2.24) is 0 Å². The van der Waals surface area contributed by atoms with Gasteiger partial charge in [-0.05, 0) is 49.9 Å². The van der Waals surface area contributed by atoms with Gasteiger partial charge in [0, 0.05) is 10.8 Å². The highest BCUT2D eigenvalue weighted by Gasteiger charge is 2.26. The fraction of sp³-hybridized carbons (Fsp3) is 0.774. The number of halogens is 2. The summed E-state index contributed by atoms with van der Waals surface area (Å²) in [6.07, 6.45) is 51.4. The highest BCUT2D eigenvalue weighted by Crippen LogP contribution is 2.53. The Morgan fingerprint density at radius 1 is 0.279 bits per heavy atom. The van der Waals surface area contributed by atoms with E-state index in [2.05, 4.69) is 45.9 Å². The largest absolute Gasteiger partial charge is 0.493 e. The minimum atomic E-state index is 0.505. The second-order valence-corrected chi connectivity index (χ2v) is 21.2. The zero-order valence-electron chi connectivity index (χ0n) is 44.8. The lowest BCUT2D eigenvalue weighted by Gasteiger charge is -2.23. The Morgan fingerprint density at radius 3 is 0.868 bits per heavy atom. The van der Waals surface area contributed by atoms with Crippen molar-refractivity contribution in [3.8, 4) is 23.0 Å². The molecule has 3 rings (SSSR count). The van der Waals surface area contributed by atoms with Crippen LogP contribution in [0.3, 0.4) is 0 Å².